The Balaban J connectivity index is 1.32. The minimum atomic E-state index is -0.735. The number of piperidine rings is 1. The highest BCUT2D eigenvalue weighted by molar-refractivity contribution is 7.99. The van der Waals surface area contributed by atoms with Crippen LogP contribution in [0.2, 0.25) is 0 Å². The number of benzene rings is 1. The van der Waals surface area contributed by atoms with Gasteiger partial charge in [0.2, 0.25) is 0 Å². The van der Waals surface area contributed by atoms with Gasteiger partial charge >= 0.3 is 5.97 Å². The molecule has 0 saturated carbocycles. The van der Waals surface area contributed by atoms with Crippen molar-refractivity contribution in [1.29, 1.82) is 0 Å². The first-order chi connectivity index (χ1) is 18.0. The average Bonchev–Trinajstić information content (AvgIpc) is 2.93. The normalized spacial score (nSPS) is 19.1. The van der Waals surface area contributed by atoms with E-state index in [1.54, 1.807) is 19.5 Å². The van der Waals surface area contributed by atoms with E-state index in [0.717, 1.165) is 66.9 Å². The Labute approximate surface area is 223 Å². The summed E-state index contributed by atoms with van der Waals surface area (Å²) >= 11 is 1.83. The average molecular weight is 524 g/mol. The van der Waals surface area contributed by atoms with Crippen molar-refractivity contribution in [2.75, 3.05) is 32.5 Å². The van der Waals surface area contributed by atoms with Gasteiger partial charge in [0, 0.05) is 41.8 Å². The van der Waals surface area contributed by atoms with E-state index in [4.69, 9.17) is 4.74 Å². The number of thioether (sulfide) groups is 1. The van der Waals surface area contributed by atoms with E-state index in [0.29, 0.717) is 24.7 Å². The summed E-state index contributed by atoms with van der Waals surface area (Å²) in [6.45, 7) is 2.98. The molecule has 8 heteroatoms. The predicted octanol–water partition coefficient (Wildman–Crippen LogP) is 5.44. The van der Waals surface area contributed by atoms with E-state index in [2.05, 4.69) is 20.9 Å². The highest BCUT2D eigenvalue weighted by Crippen LogP contribution is 2.35. The summed E-state index contributed by atoms with van der Waals surface area (Å²) in [5.41, 5.74) is 1.71. The van der Waals surface area contributed by atoms with Gasteiger partial charge in [-0.1, -0.05) is 0 Å². The Morgan fingerprint density at radius 2 is 2.11 bits per heavy atom. The number of pyridine rings is 2. The number of hydrogen-bond donors (Lipinski definition) is 2. The van der Waals surface area contributed by atoms with Gasteiger partial charge < -0.3 is 19.8 Å². The molecule has 1 aliphatic heterocycles. The van der Waals surface area contributed by atoms with Crippen LogP contribution in [-0.4, -0.2) is 63.5 Å². The Bertz CT molecular complexity index is 1150. The van der Waals surface area contributed by atoms with E-state index >= 15 is 0 Å². The number of aliphatic hydroxyl groups is 1. The number of hydrogen-bond acceptors (Lipinski definition) is 7. The van der Waals surface area contributed by atoms with Crippen molar-refractivity contribution in [2.45, 2.75) is 49.5 Å². The van der Waals surface area contributed by atoms with Crippen LogP contribution >= 0.6 is 11.8 Å². The van der Waals surface area contributed by atoms with Gasteiger partial charge in [-0.2, -0.15) is 0 Å². The number of carbonyl (C=O) groups is 1. The van der Waals surface area contributed by atoms with E-state index < -0.39 is 12.1 Å². The second kappa shape index (κ2) is 13.7. The van der Waals surface area contributed by atoms with Gasteiger partial charge in [0.05, 0.1) is 18.7 Å². The molecule has 0 amide bonds. The Morgan fingerprint density at radius 1 is 1.22 bits per heavy atom. The highest BCUT2D eigenvalue weighted by Gasteiger charge is 2.30. The summed E-state index contributed by atoms with van der Waals surface area (Å²) in [5, 5.41) is 21.3. The third kappa shape index (κ3) is 7.90. The van der Waals surface area contributed by atoms with E-state index in [-0.39, 0.29) is 6.42 Å². The van der Waals surface area contributed by atoms with Crippen molar-refractivity contribution in [3.8, 4) is 5.75 Å². The lowest BCUT2D eigenvalue weighted by molar-refractivity contribution is -0.137. The maximum atomic E-state index is 11.3. The second-order valence-corrected chi connectivity index (χ2v) is 11.0. The smallest absolute Gasteiger partial charge is 0.303 e. The zero-order chi connectivity index (χ0) is 26.0. The Kier molecular flexibility index (Phi) is 10.2. The van der Waals surface area contributed by atoms with Gasteiger partial charge in [0.1, 0.15) is 5.75 Å². The van der Waals surface area contributed by atoms with Crippen LogP contribution in [0.5, 0.6) is 5.75 Å². The zero-order valence-corrected chi connectivity index (χ0v) is 22.3. The number of nitrogens with zero attached hydrogens (tertiary/aromatic N) is 3. The second-order valence-electron chi connectivity index (χ2n) is 9.81. The van der Waals surface area contributed by atoms with Crippen molar-refractivity contribution in [3.63, 3.8) is 0 Å². The van der Waals surface area contributed by atoms with Crippen LogP contribution < -0.4 is 4.74 Å². The summed E-state index contributed by atoms with van der Waals surface area (Å²) in [6.07, 6.45) is 9.38. The van der Waals surface area contributed by atoms with E-state index in [1.807, 2.05) is 48.3 Å². The lowest BCUT2D eigenvalue weighted by atomic mass is 9.79. The van der Waals surface area contributed by atoms with Crippen LogP contribution in [0.25, 0.3) is 10.9 Å². The first-order valence-electron chi connectivity index (χ1n) is 13.1. The molecule has 3 atom stereocenters. The van der Waals surface area contributed by atoms with Crippen LogP contribution in [-0.2, 0) is 4.79 Å². The number of carboxylic acids is 1. The minimum Gasteiger partial charge on any atom is -0.497 e. The number of aliphatic hydroxyl groups excluding tert-OH is 1. The first kappa shape index (κ1) is 27.4. The molecule has 3 heterocycles. The van der Waals surface area contributed by atoms with Crippen molar-refractivity contribution in [3.05, 3.63) is 60.6 Å². The number of aromatic nitrogens is 2. The zero-order valence-electron chi connectivity index (χ0n) is 21.5. The van der Waals surface area contributed by atoms with Crippen molar-refractivity contribution < 1.29 is 19.7 Å². The lowest BCUT2D eigenvalue weighted by Gasteiger charge is -2.39. The summed E-state index contributed by atoms with van der Waals surface area (Å²) in [4.78, 5) is 23.6. The summed E-state index contributed by atoms with van der Waals surface area (Å²) in [7, 11) is 1.64. The number of fused-ring (bicyclic) bond motifs is 1. The molecule has 0 radical (unpaired) electrons. The van der Waals surface area contributed by atoms with Gasteiger partial charge in [0.25, 0.3) is 0 Å². The number of methoxy groups -OCH3 is 1. The molecule has 198 valence electrons. The monoisotopic (exact) mass is 523 g/mol. The standard InChI is InChI=1S/C29H37N3O4S/c1-36-23-7-8-27-26(18-23)25(11-14-31-27)28(33)9-5-21-12-16-32(20-22(21)6-10-29(34)35)15-3-17-37-24-4-2-13-30-19-24/h2,4,7-8,11,13-14,18-19,21-22,28,33H,3,5-6,9-10,12,15-17,20H2,1H3,(H,34,35)/t21-,22-,28-/m1/s1. The predicted molar refractivity (Wildman–Crippen MR) is 147 cm³/mol. The molecule has 0 aliphatic carbocycles. The van der Waals surface area contributed by atoms with Crippen LogP contribution in [0.4, 0.5) is 0 Å². The molecule has 1 aromatic carbocycles. The number of rotatable bonds is 13. The third-order valence-electron chi connectivity index (χ3n) is 7.38. The topological polar surface area (TPSA) is 95.8 Å². The van der Waals surface area contributed by atoms with Gasteiger partial charge in [-0.05, 0) is 105 Å². The highest BCUT2D eigenvalue weighted by atomic mass is 32.2. The van der Waals surface area contributed by atoms with Gasteiger partial charge in [0.15, 0.2) is 0 Å². The first-order valence-corrected chi connectivity index (χ1v) is 14.1. The number of ether oxygens (including phenoxy) is 1. The molecule has 7 nitrogen and oxygen atoms in total. The minimum absolute atomic E-state index is 0.198. The lowest BCUT2D eigenvalue weighted by Crippen LogP contribution is -2.41. The molecule has 37 heavy (non-hydrogen) atoms. The molecule has 2 aromatic heterocycles. The molecular weight excluding hydrogens is 486 g/mol. The molecule has 2 N–H and O–H groups in total. The van der Waals surface area contributed by atoms with Gasteiger partial charge in [-0.3, -0.25) is 14.8 Å². The molecular formula is C29H37N3O4S. The molecule has 4 rings (SSSR count). The number of carboxylic acid groups (broad SMARTS) is 1. The van der Waals surface area contributed by atoms with Crippen molar-refractivity contribution in [1.82, 2.24) is 14.9 Å². The maximum absolute atomic E-state index is 11.3. The molecule has 1 aliphatic rings. The quantitative estimate of drug-likeness (QED) is 0.226. The summed E-state index contributed by atoms with van der Waals surface area (Å²) in [5.74, 6) is 1.80. The summed E-state index contributed by atoms with van der Waals surface area (Å²) < 4.78 is 5.37. The van der Waals surface area contributed by atoms with Gasteiger partial charge in [-0.15, -0.1) is 11.8 Å². The van der Waals surface area contributed by atoms with Crippen LogP contribution in [0, 0.1) is 11.8 Å². The third-order valence-corrected chi connectivity index (χ3v) is 8.45. The van der Waals surface area contributed by atoms with Crippen LogP contribution in [0.1, 0.15) is 50.2 Å². The summed E-state index contributed by atoms with van der Waals surface area (Å²) in [6, 6.07) is 11.7. The van der Waals surface area contributed by atoms with Crippen LogP contribution in [0.15, 0.2) is 59.9 Å². The van der Waals surface area contributed by atoms with Crippen molar-refractivity contribution in [2.24, 2.45) is 11.8 Å². The molecule has 1 fully saturated rings. The van der Waals surface area contributed by atoms with Crippen molar-refractivity contribution >= 4 is 28.6 Å². The van der Waals surface area contributed by atoms with Crippen LogP contribution in [0.3, 0.4) is 0 Å². The number of aliphatic carboxylic acids is 1. The fourth-order valence-corrected chi connectivity index (χ4v) is 6.20. The molecule has 0 spiro atoms. The Hall–Kier alpha value is -2.68. The molecule has 3 aromatic rings. The number of likely N-dealkylation sites (tertiary alicyclic amines) is 1. The SMILES string of the molecule is COc1ccc2nccc([C@H](O)CC[C@@H]3CCN(CCCSc4cccnc4)C[C@H]3CCC(=O)O)c2c1. The van der Waals surface area contributed by atoms with E-state index in [9.17, 15) is 15.0 Å². The molecule has 1 saturated heterocycles. The maximum Gasteiger partial charge on any atom is 0.303 e. The fraction of sp³-hybridized carbons (Fsp3) is 0.483. The largest absolute Gasteiger partial charge is 0.497 e. The molecule has 0 unspecified atom stereocenters. The Morgan fingerprint density at radius 3 is 2.89 bits per heavy atom. The molecule has 0 bridgehead atoms. The van der Waals surface area contributed by atoms with Gasteiger partial charge in [-0.25, -0.2) is 0 Å². The van der Waals surface area contributed by atoms with E-state index in [1.165, 1.54) is 4.90 Å². The fourth-order valence-electron chi connectivity index (χ4n) is 5.38.